The normalized spacial score (nSPS) is 12.2. The monoisotopic (exact) mass is 340 g/mol. The number of carbonyl (C=O) groups excluding carboxylic acids is 1. The second kappa shape index (κ2) is 7.15. The van der Waals surface area contributed by atoms with Gasteiger partial charge in [0.05, 0.1) is 17.6 Å². The third-order valence-electron chi connectivity index (χ3n) is 3.46. The van der Waals surface area contributed by atoms with E-state index < -0.39 is 0 Å². The van der Waals surface area contributed by atoms with Crippen LogP contribution >= 0.6 is 22.9 Å². The van der Waals surface area contributed by atoms with Gasteiger partial charge in [0.1, 0.15) is 5.01 Å². The number of nitrogens with zero attached hydrogens (tertiary/aromatic N) is 3. The molecule has 0 saturated carbocycles. The molecule has 2 rings (SSSR count). The topological polar surface area (TPSA) is 50.2 Å². The molecule has 120 valence electrons. The lowest BCUT2D eigenvalue weighted by molar-refractivity contribution is 0.201. The molecule has 0 fully saturated rings. The highest BCUT2D eigenvalue weighted by Gasteiger charge is 2.19. The summed E-state index contributed by atoms with van der Waals surface area (Å²) in [4.78, 5) is 19.5. The van der Waals surface area contributed by atoms with E-state index in [4.69, 9.17) is 11.6 Å². The molecule has 1 atom stereocenters. The van der Waals surface area contributed by atoms with Crippen LogP contribution in [0.1, 0.15) is 35.0 Å². The van der Waals surface area contributed by atoms with Crippen molar-refractivity contribution in [2.75, 3.05) is 7.05 Å². The van der Waals surface area contributed by atoms with E-state index >= 15 is 0 Å². The van der Waals surface area contributed by atoms with E-state index in [1.54, 1.807) is 23.3 Å². The minimum atomic E-state index is -0.114. The maximum Gasteiger partial charge on any atom is 0.318 e. The zero-order chi connectivity index (χ0) is 16.3. The minimum absolute atomic E-state index is 0.0503. The van der Waals surface area contributed by atoms with Crippen LogP contribution in [0.3, 0.4) is 0 Å². The Morgan fingerprint density at radius 1 is 1.59 bits per heavy atom. The Bertz CT molecular complexity index is 652. The summed E-state index contributed by atoms with van der Waals surface area (Å²) in [5, 5.41) is 4.66. The highest BCUT2D eigenvalue weighted by atomic mass is 35.5. The van der Waals surface area contributed by atoms with Crippen molar-refractivity contribution < 1.29 is 4.79 Å². The van der Waals surface area contributed by atoms with Crippen molar-refractivity contribution in [2.45, 2.75) is 32.9 Å². The van der Waals surface area contributed by atoms with Gasteiger partial charge in [-0.15, -0.1) is 11.3 Å². The molecule has 0 radical (unpaired) electrons. The Morgan fingerprint density at radius 3 is 2.82 bits per heavy atom. The number of aromatic nitrogens is 2. The second-order valence-corrected chi connectivity index (χ2v) is 7.04. The smallest absolute Gasteiger partial charge is 0.318 e. The molecule has 0 aliphatic heterocycles. The number of urea groups is 1. The van der Waals surface area contributed by atoms with Crippen LogP contribution in [0.5, 0.6) is 0 Å². The Labute approximate surface area is 139 Å². The van der Waals surface area contributed by atoms with E-state index in [2.05, 4.69) is 10.3 Å². The molecule has 22 heavy (non-hydrogen) atoms. The molecule has 0 aliphatic rings. The lowest BCUT2D eigenvalue weighted by Crippen LogP contribution is -2.39. The number of nitrogens with one attached hydrogen (secondary N) is 1. The molecule has 2 aromatic heterocycles. The van der Waals surface area contributed by atoms with Crippen LogP contribution in [0.2, 0.25) is 5.02 Å². The molecule has 0 bridgehead atoms. The van der Waals surface area contributed by atoms with Crippen LogP contribution in [0.15, 0.2) is 18.5 Å². The van der Waals surface area contributed by atoms with Gasteiger partial charge in [0.15, 0.2) is 0 Å². The Balaban J connectivity index is 1.99. The van der Waals surface area contributed by atoms with Gasteiger partial charge in [-0.05, 0) is 19.4 Å². The highest BCUT2D eigenvalue weighted by molar-refractivity contribution is 7.11. The van der Waals surface area contributed by atoms with Crippen molar-refractivity contribution in [2.24, 2.45) is 7.05 Å². The second-order valence-electron chi connectivity index (χ2n) is 5.34. The Morgan fingerprint density at radius 2 is 2.32 bits per heavy atom. The number of aryl methyl sites for hydroxylation is 2. The molecule has 1 N–H and O–H groups in total. The first-order valence-corrected chi connectivity index (χ1v) is 8.34. The van der Waals surface area contributed by atoms with Gasteiger partial charge < -0.3 is 14.8 Å². The van der Waals surface area contributed by atoms with Crippen molar-refractivity contribution >= 4 is 29.0 Å². The predicted molar refractivity (Wildman–Crippen MR) is 90.3 cm³/mol. The fourth-order valence-corrected chi connectivity index (χ4v) is 3.35. The van der Waals surface area contributed by atoms with Crippen LogP contribution < -0.4 is 5.32 Å². The SMILES string of the molecule is CC[C@@H](NC(=O)N(C)Cc1cc(Cl)cn1C)c1ncc(C)s1. The molecule has 7 heteroatoms. The molecule has 0 unspecified atom stereocenters. The number of thiazole rings is 1. The summed E-state index contributed by atoms with van der Waals surface area (Å²) in [5.41, 5.74) is 0.987. The molecular weight excluding hydrogens is 320 g/mol. The van der Waals surface area contributed by atoms with Crippen molar-refractivity contribution in [1.29, 1.82) is 0 Å². The molecule has 0 aliphatic carbocycles. The van der Waals surface area contributed by atoms with Gasteiger partial charge in [0.2, 0.25) is 0 Å². The number of halogens is 1. The number of hydrogen-bond donors (Lipinski definition) is 1. The number of hydrogen-bond acceptors (Lipinski definition) is 3. The van der Waals surface area contributed by atoms with Crippen LogP contribution in [-0.4, -0.2) is 27.5 Å². The average Bonchev–Trinajstić information content (AvgIpc) is 3.02. The fraction of sp³-hybridized carbons (Fsp3) is 0.467. The minimum Gasteiger partial charge on any atom is -0.351 e. The first-order chi connectivity index (χ1) is 10.4. The lowest BCUT2D eigenvalue weighted by atomic mass is 10.2. The van der Waals surface area contributed by atoms with E-state index in [1.807, 2.05) is 43.9 Å². The van der Waals surface area contributed by atoms with E-state index in [1.165, 1.54) is 0 Å². The first kappa shape index (κ1) is 16.8. The molecule has 2 amide bonds. The Kier molecular flexibility index (Phi) is 5.47. The van der Waals surface area contributed by atoms with Crippen LogP contribution in [0.4, 0.5) is 4.79 Å². The predicted octanol–water partition coefficient (Wildman–Crippen LogP) is 3.74. The van der Waals surface area contributed by atoms with E-state index in [9.17, 15) is 4.79 Å². The van der Waals surface area contributed by atoms with Gasteiger partial charge in [-0.3, -0.25) is 0 Å². The van der Waals surface area contributed by atoms with Gasteiger partial charge in [0.25, 0.3) is 0 Å². The molecule has 2 heterocycles. The maximum atomic E-state index is 12.4. The quantitative estimate of drug-likeness (QED) is 0.901. The summed E-state index contributed by atoms with van der Waals surface area (Å²) < 4.78 is 1.92. The summed E-state index contributed by atoms with van der Waals surface area (Å²) in [6, 6.07) is 1.70. The zero-order valence-corrected chi connectivity index (χ0v) is 14.8. The summed E-state index contributed by atoms with van der Waals surface area (Å²) in [5.74, 6) is 0. The standard InChI is InChI=1S/C15H21ClN4OS/c1-5-13(14-17-7-10(2)22-14)18-15(21)20(4)9-12-6-11(16)8-19(12)3/h6-8,13H,5,9H2,1-4H3,(H,18,21)/t13-/m1/s1. The molecule has 2 aromatic rings. The van der Waals surface area contributed by atoms with Crippen LogP contribution in [0.25, 0.3) is 0 Å². The van der Waals surface area contributed by atoms with Crippen LogP contribution in [0, 0.1) is 6.92 Å². The van der Waals surface area contributed by atoms with E-state index in [0.717, 1.165) is 22.0 Å². The largest absolute Gasteiger partial charge is 0.351 e. The molecule has 0 aromatic carbocycles. The van der Waals surface area contributed by atoms with Gasteiger partial charge >= 0.3 is 6.03 Å². The van der Waals surface area contributed by atoms with Crippen LogP contribution in [-0.2, 0) is 13.6 Å². The summed E-state index contributed by atoms with van der Waals surface area (Å²) in [6.07, 6.45) is 4.48. The third-order valence-corrected chi connectivity index (χ3v) is 4.70. The zero-order valence-electron chi connectivity index (χ0n) is 13.3. The number of amides is 2. The van der Waals surface area contributed by atoms with Gasteiger partial charge in [-0.2, -0.15) is 0 Å². The van der Waals surface area contributed by atoms with Crippen molar-refractivity contribution in [3.05, 3.63) is 39.1 Å². The van der Waals surface area contributed by atoms with Crippen molar-refractivity contribution in [3.8, 4) is 0 Å². The Hall–Kier alpha value is -1.53. The summed E-state index contributed by atoms with van der Waals surface area (Å²) in [6.45, 7) is 4.56. The fourth-order valence-electron chi connectivity index (χ4n) is 2.17. The lowest BCUT2D eigenvalue weighted by Gasteiger charge is -2.22. The van der Waals surface area contributed by atoms with E-state index in [-0.39, 0.29) is 12.1 Å². The van der Waals surface area contributed by atoms with Crippen molar-refractivity contribution in [3.63, 3.8) is 0 Å². The van der Waals surface area contributed by atoms with Gasteiger partial charge in [-0.25, -0.2) is 9.78 Å². The number of carbonyl (C=O) groups is 1. The summed E-state index contributed by atoms with van der Waals surface area (Å²) in [7, 11) is 3.69. The first-order valence-electron chi connectivity index (χ1n) is 7.15. The molecule has 5 nitrogen and oxygen atoms in total. The molecule has 0 spiro atoms. The average molecular weight is 341 g/mol. The van der Waals surface area contributed by atoms with Gasteiger partial charge in [0, 0.05) is 37.1 Å². The maximum absolute atomic E-state index is 12.4. The molecule has 0 saturated heterocycles. The summed E-state index contributed by atoms with van der Waals surface area (Å²) >= 11 is 7.59. The number of rotatable bonds is 5. The highest BCUT2D eigenvalue weighted by Crippen LogP contribution is 2.22. The van der Waals surface area contributed by atoms with Crippen molar-refractivity contribution in [1.82, 2.24) is 19.8 Å². The van der Waals surface area contributed by atoms with E-state index in [0.29, 0.717) is 11.6 Å². The van der Waals surface area contributed by atoms with Gasteiger partial charge in [-0.1, -0.05) is 18.5 Å². The third kappa shape index (κ3) is 4.01. The molecular formula is C15H21ClN4OS.